The van der Waals surface area contributed by atoms with Crippen LogP contribution in [0.3, 0.4) is 0 Å². The van der Waals surface area contributed by atoms with Gasteiger partial charge < -0.3 is 15.8 Å². The maximum Gasteiger partial charge on any atom is 0.0943 e. The van der Waals surface area contributed by atoms with E-state index in [1.54, 1.807) is 0 Å². The van der Waals surface area contributed by atoms with Crippen LogP contribution in [-0.4, -0.2) is 31.3 Å². The van der Waals surface area contributed by atoms with Crippen LogP contribution in [-0.2, 0) is 4.74 Å². The molecule has 0 radical (unpaired) electrons. The average Bonchev–Trinajstić information content (AvgIpc) is 2.36. The Labute approximate surface area is 68.3 Å². The minimum absolute atomic E-state index is 0.0752. The van der Waals surface area contributed by atoms with Crippen molar-refractivity contribution >= 4 is 0 Å². The molecule has 1 unspecified atom stereocenters. The number of nitrogens with one attached hydrogen (secondary N) is 1. The van der Waals surface area contributed by atoms with Gasteiger partial charge in [0.25, 0.3) is 0 Å². The molecule has 0 aromatic carbocycles. The topological polar surface area (TPSA) is 47.3 Å². The molecule has 3 nitrogen and oxygen atoms in total. The van der Waals surface area contributed by atoms with Crippen LogP contribution in [0.2, 0.25) is 0 Å². The Balaban J connectivity index is 2.45. The zero-order chi connectivity index (χ0) is 8.32. The maximum atomic E-state index is 5.76. The van der Waals surface area contributed by atoms with Gasteiger partial charge in [-0.1, -0.05) is 0 Å². The average molecular weight is 158 g/mol. The third kappa shape index (κ3) is 2.15. The highest BCUT2D eigenvalue weighted by Gasteiger charge is 2.33. The minimum atomic E-state index is -0.0752. The fourth-order valence-electron chi connectivity index (χ4n) is 1.54. The standard InChI is InChI=1S/C8H18N2O/c1-7(2)11-8(5-9)3-4-10-6-8/h7,10H,3-6,9H2,1-2H3. The van der Waals surface area contributed by atoms with E-state index in [1.807, 2.05) is 0 Å². The van der Waals surface area contributed by atoms with Gasteiger partial charge in [-0.3, -0.25) is 0 Å². The van der Waals surface area contributed by atoms with Crippen molar-refractivity contribution in [2.45, 2.75) is 32.0 Å². The van der Waals surface area contributed by atoms with Gasteiger partial charge >= 0.3 is 0 Å². The van der Waals surface area contributed by atoms with E-state index in [2.05, 4.69) is 19.2 Å². The first-order valence-corrected chi connectivity index (χ1v) is 4.27. The van der Waals surface area contributed by atoms with Crippen molar-refractivity contribution in [3.8, 4) is 0 Å². The van der Waals surface area contributed by atoms with Crippen molar-refractivity contribution in [1.29, 1.82) is 0 Å². The van der Waals surface area contributed by atoms with Crippen molar-refractivity contribution in [2.24, 2.45) is 5.73 Å². The van der Waals surface area contributed by atoms with Crippen LogP contribution in [0.4, 0.5) is 0 Å². The Morgan fingerprint density at radius 3 is 2.73 bits per heavy atom. The lowest BCUT2D eigenvalue weighted by molar-refractivity contribution is -0.0603. The third-order valence-electron chi connectivity index (χ3n) is 2.06. The summed E-state index contributed by atoms with van der Waals surface area (Å²) in [4.78, 5) is 0. The Kier molecular flexibility index (Phi) is 2.87. The fraction of sp³-hybridized carbons (Fsp3) is 1.00. The molecule has 0 spiro atoms. The summed E-state index contributed by atoms with van der Waals surface area (Å²) in [7, 11) is 0. The summed E-state index contributed by atoms with van der Waals surface area (Å²) in [5, 5.41) is 3.26. The fourth-order valence-corrected chi connectivity index (χ4v) is 1.54. The van der Waals surface area contributed by atoms with E-state index < -0.39 is 0 Å². The van der Waals surface area contributed by atoms with Gasteiger partial charge in [-0.25, -0.2) is 0 Å². The number of hydrogen-bond acceptors (Lipinski definition) is 3. The van der Waals surface area contributed by atoms with Gasteiger partial charge in [-0.05, 0) is 26.8 Å². The van der Waals surface area contributed by atoms with E-state index in [0.29, 0.717) is 6.54 Å². The molecule has 0 bridgehead atoms. The Morgan fingerprint density at radius 2 is 2.36 bits per heavy atom. The highest BCUT2D eigenvalue weighted by atomic mass is 16.5. The van der Waals surface area contributed by atoms with Gasteiger partial charge in [0.15, 0.2) is 0 Å². The Bertz CT molecular complexity index is 119. The molecule has 66 valence electrons. The molecule has 3 N–H and O–H groups in total. The van der Waals surface area contributed by atoms with Crippen LogP contribution >= 0.6 is 0 Å². The predicted molar refractivity (Wildman–Crippen MR) is 45.5 cm³/mol. The molecule has 1 fully saturated rings. The Morgan fingerprint density at radius 1 is 1.64 bits per heavy atom. The van der Waals surface area contributed by atoms with Crippen molar-refractivity contribution in [3.05, 3.63) is 0 Å². The molecule has 0 aromatic rings. The first kappa shape index (κ1) is 8.97. The zero-order valence-corrected chi connectivity index (χ0v) is 7.39. The second-order valence-electron chi connectivity index (χ2n) is 3.48. The molecule has 1 rings (SSSR count). The van der Waals surface area contributed by atoms with Crippen molar-refractivity contribution in [3.63, 3.8) is 0 Å². The lowest BCUT2D eigenvalue weighted by Gasteiger charge is -2.29. The number of hydrogen-bond donors (Lipinski definition) is 2. The van der Waals surface area contributed by atoms with Crippen LogP contribution in [0.5, 0.6) is 0 Å². The highest BCUT2D eigenvalue weighted by Crippen LogP contribution is 2.19. The molecule has 1 aliphatic rings. The van der Waals surface area contributed by atoms with Crippen LogP contribution in [0.1, 0.15) is 20.3 Å². The summed E-state index contributed by atoms with van der Waals surface area (Å²) < 4.78 is 5.76. The largest absolute Gasteiger partial charge is 0.370 e. The van der Waals surface area contributed by atoms with Gasteiger partial charge in [0.05, 0.1) is 11.7 Å². The number of rotatable bonds is 3. The SMILES string of the molecule is CC(C)OC1(CN)CCNC1. The van der Waals surface area contributed by atoms with E-state index in [9.17, 15) is 0 Å². The molecule has 3 heteroatoms. The smallest absolute Gasteiger partial charge is 0.0943 e. The number of nitrogens with two attached hydrogens (primary N) is 1. The maximum absolute atomic E-state index is 5.76. The first-order valence-electron chi connectivity index (χ1n) is 4.27. The third-order valence-corrected chi connectivity index (χ3v) is 2.06. The molecule has 1 heterocycles. The summed E-state index contributed by atoms with van der Waals surface area (Å²) in [6.45, 7) is 6.66. The van der Waals surface area contributed by atoms with Crippen LogP contribution in [0, 0.1) is 0 Å². The first-order chi connectivity index (χ1) is 5.18. The number of ether oxygens (including phenoxy) is 1. The van der Waals surface area contributed by atoms with Crippen LogP contribution < -0.4 is 11.1 Å². The quantitative estimate of drug-likeness (QED) is 0.612. The van der Waals surface area contributed by atoms with Crippen molar-refractivity contribution in [2.75, 3.05) is 19.6 Å². The molecule has 0 amide bonds. The van der Waals surface area contributed by atoms with Crippen molar-refractivity contribution < 1.29 is 4.74 Å². The molecular formula is C8H18N2O. The molecule has 0 saturated carbocycles. The van der Waals surface area contributed by atoms with E-state index in [4.69, 9.17) is 10.5 Å². The van der Waals surface area contributed by atoms with Gasteiger partial charge in [-0.15, -0.1) is 0 Å². The minimum Gasteiger partial charge on any atom is -0.370 e. The van der Waals surface area contributed by atoms with Crippen molar-refractivity contribution in [1.82, 2.24) is 5.32 Å². The summed E-state index contributed by atoms with van der Waals surface area (Å²) >= 11 is 0. The normalized spacial score (nSPS) is 31.6. The molecule has 0 aromatic heterocycles. The highest BCUT2D eigenvalue weighted by molar-refractivity contribution is 4.91. The van der Waals surface area contributed by atoms with Crippen LogP contribution in [0.15, 0.2) is 0 Å². The predicted octanol–water partition coefficient (Wildman–Crippen LogP) is 0.102. The van der Waals surface area contributed by atoms with E-state index >= 15 is 0 Å². The van der Waals surface area contributed by atoms with Gasteiger partial charge in [0.2, 0.25) is 0 Å². The van der Waals surface area contributed by atoms with Crippen LogP contribution in [0.25, 0.3) is 0 Å². The summed E-state index contributed by atoms with van der Waals surface area (Å²) in [6, 6.07) is 0. The lowest BCUT2D eigenvalue weighted by Crippen LogP contribution is -2.44. The summed E-state index contributed by atoms with van der Waals surface area (Å²) in [6.07, 6.45) is 1.32. The van der Waals surface area contributed by atoms with E-state index in [-0.39, 0.29) is 11.7 Å². The van der Waals surface area contributed by atoms with E-state index in [1.165, 1.54) is 0 Å². The van der Waals surface area contributed by atoms with Gasteiger partial charge in [-0.2, -0.15) is 0 Å². The second kappa shape index (κ2) is 3.52. The second-order valence-corrected chi connectivity index (χ2v) is 3.48. The van der Waals surface area contributed by atoms with E-state index in [0.717, 1.165) is 19.5 Å². The molecule has 1 atom stereocenters. The molecule has 1 saturated heterocycles. The molecule has 11 heavy (non-hydrogen) atoms. The summed E-state index contributed by atoms with van der Waals surface area (Å²) in [5.74, 6) is 0. The molecule has 0 aliphatic carbocycles. The zero-order valence-electron chi connectivity index (χ0n) is 7.39. The monoisotopic (exact) mass is 158 g/mol. The van der Waals surface area contributed by atoms with Gasteiger partial charge in [0.1, 0.15) is 0 Å². The summed E-state index contributed by atoms with van der Waals surface area (Å²) in [5.41, 5.74) is 5.58. The van der Waals surface area contributed by atoms with Gasteiger partial charge in [0, 0.05) is 13.1 Å². The molecular weight excluding hydrogens is 140 g/mol. The lowest BCUT2D eigenvalue weighted by atomic mass is 10.0. The Hall–Kier alpha value is -0.120. The molecule has 1 aliphatic heterocycles.